The van der Waals surface area contributed by atoms with Gasteiger partial charge >= 0.3 is 23.9 Å². The van der Waals surface area contributed by atoms with Crippen LogP contribution >= 0.6 is 68.9 Å². The summed E-state index contributed by atoms with van der Waals surface area (Å²) in [6.07, 6.45) is 2.36. The number of Topliss-reactive ketones (excluding diaryl/α,β-unsaturated/α-hetero) is 4. The SMILES string of the molecule is CCN1C(=O)/C(=N/c2nc3c(s2)-c2sc(/N=C4\SC(=C(C#N)C#N)N(CCc5cccc6c5C(=O)/C(=C/c5nc7c(s5)-c5sc(C=C8C(=O)c9ccccc9C8=O)nc5C7(C(=O)OCc5ccccc5)C(=O)OCc5ccccc5)C6=O)C4=O)nc2C3(C(=O)OCc2ccccc2)C(=O)OCc2ccccc2)SC1=C(C#N)C#N. The Balaban J connectivity index is 0.732. The van der Waals surface area contributed by atoms with Gasteiger partial charge in [0.05, 0.1) is 53.4 Å². The molecule has 4 aliphatic carbocycles. The fourth-order valence-electron chi connectivity index (χ4n) is 13.5. The van der Waals surface area contributed by atoms with Crippen molar-refractivity contribution in [2.24, 2.45) is 9.98 Å². The van der Waals surface area contributed by atoms with Gasteiger partial charge in [-0.05, 0) is 76.8 Å². The number of aromatic nitrogens is 4. The number of carbonyl (C=O) groups is 10. The van der Waals surface area contributed by atoms with E-state index in [-0.39, 0.29) is 173 Å². The maximum absolute atomic E-state index is 15.3. The molecule has 2 aliphatic heterocycles. The number of rotatable bonds is 20. The lowest BCUT2D eigenvalue weighted by molar-refractivity contribution is -0.166. The van der Waals surface area contributed by atoms with Gasteiger partial charge in [0, 0.05) is 35.3 Å². The van der Waals surface area contributed by atoms with E-state index in [1.807, 2.05) is 12.1 Å². The summed E-state index contributed by atoms with van der Waals surface area (Å²) in [6, 6.07) is 52.6. The molecule has 6 heterocycles. The molecule has 0 saturated carbocycles. The van der Waals surface area contributed by atoms with Crippen LogP contribution in [0.25, 0.3) is 31.7 Å². The Bertz CT molecular complexity index is 6130. The molecule has 0 spiro atoms. The van der Waals surface area contributed by atoms with Crippen molar-refractivity contribution < 1.29 is 66.9 Å². The molecule has 0 radical (unpaired) electrons. The second-order valence-corrected chi connectivity index (χ2v) is 31.4. The second-order valence-electron chi connectivity index (χ2n) is 25.5. The zero-order chi connectivity index (χ0) is 79.3. The Labute approximate surface area is 669 Å². The van der Waals surface area contributed by atoms with E-state index in [0.29, 0.717) is 34.0 Å². The van der Waals surface area contributed by atoms with Crippen LogP contribution in [0.1, 0.15) is 109 Å². The van der Waals surface area contributed by atoms with Crippen LogP contribution in [0.5, 0.6) is 0 Å². The molecule has 554 valence electrons. The predicted octanol–water partition coefficient (Wildman–Crippen LogP) is 12.9. The summed E-state index contributed by atoms with van der Waals surface area (Å²) in [6.45, 7) is 0.0602. The molecular weight excluding hydrogens is 1570 g/mol. The van der Waals surface area contributed by atoms with Crippen LogP contribution in [0.15, 0.2) is 206 Å². The number of aliphatic imine (C=N–C) groups is 2. The maximum Gasteiger partial charge on any atom is 0.336 e. The minimum atomic E-state index is -2.63. The van der Waals surface area contributed by atoms with Gasteiger partial charge in [0.2, 0.25) is 10.3 Å². The van der Waals surface area contributed by atoms with Gasteiger partial charge in [-0.2, -0.15) is 21.0 Å². The fourth-order valence-corrected chi connectivity index (χ4v) is 20.0. The first-order valence-corrected chi connectivity index (χ1v) is 39.3. The second kappa shape index (κ2) is 30.5. The number of ether oxygens (including phenoxy) is 4. The molecule has 4 aromatic heterocycles. The number of nitrogens with zero attached hydrogens (tertiary/aromatic N) is 12. The monoisotopic (exact) mass is 1610 g/mol. The van der Waals surface area contributed by atoms with Crippen LogP contribution in [0.4, 0.5) is 10.3 Å². The summed E-state index contributed by atoms with van der Waals surface area (Å²) in [7, 11) is 0. The highest BCUT2D eigenvalue weighted by Crippen LogP contribution is 2.59. The molecule has 0 unspecified atom stereocenters. The smallest absolute Gasteiger partial charge is 0.336 e. The molecule has 26 nitrogen and oxygen atoms in total. The first-order valence-electron chi connectivity index (χ1n) is 34.4. The molecule has 6 aromatic carbocycles. The van der Waals surface area contributed by atoms with Gasteiger partial charge in [-0.25, -0.2) is 49.1 Å². The van der Waals surface area contributed by atoms with Crippen molar-refractivity contribution in [3.63, 3.8) is 0 Å². The number of benzene rings is 6. The van der Waals surface area contributed by atoms with Gasteiger partial charge in [-0.1, -0.05) is 186 Å². The van der Waals surface area contributed by atoms with E-state index in [1.165, 1.54) is 41.3 Å². The van der Waals surface area contributed by atoms with Crippen molar-refractivity contribution in [3.8, 4) is 43.8 Å². The minimum absolute atomic E-state index is 0.0187. The molecule has 2 amide bonds. The van der Waals surface area contributed by atoms with Gasteiger partial charge in [0.1, 0.15) is 70.8 Å². The average molecular weight is 1620 g/mol. The predicted molar refractivity (Wildman–Crippen MR) is 418 cm³/mol. The van der Waals surface area contributed by atoms with E-state index in [2.05, 4.69) is 9.98 Å². The highest BCUT2D eigenvalue weighted by Gasteiger charge is 2.65. The normalized spacial score (nSPS) is 16.1. The van der Waals surface area contributed by atoms with Gasteiger partial charge in [-0.15, -0.1) is 22.7 Å². The van der Waals surface area contributed by atoms with Crippen LogP contribution in [-0.2, 0) is 91.4 Å². The Hall–Kier alpha value is -13.7. The van der Waals surface area contributed by atoms with Crippen molar-refractivity contribution in [2.45, 2.75) is 50.6 Å². The molecule has 32 heteroatoms. The number of esters is 4. The van der Waals surface area contributed by atoms with Crippen molar-refractivity contribution in [1.29, 1.82) is 21.0 Å². The largest absolute Gasteiger partial charge is 0.459 e. The average Bonchev–Trinajstić information content (AvgIpc) is 1.53. The third kappa shape index (κ3) is 12.7. The van der Waals surface area contributed by atoms with E-state index >= 15 is 28.8 Å². The molecule has 2 fully saturated rings. The molecule has 114 heavy (non-hydrogen) atoms. The molecule has 0 atom stereocenters. The van der Waals surface area contributed by atoms with Crippen molar-refractivity contribution >= 4 is 160 Å². The molecular formula is C82H46N12O14S6. The van der Waals surface area contributed by atoms with E-state index in [9.17, 15) is 40.2 Å². The van der Waals surface area contributed by atoms with Crippen molar-refractivity contribution in [1.82, 2.24) is 29.7 Å². The zero-order valence-corrected chi connectivity index (χ0v) is 63.6. The number of hydrogen-bond acceptors (Lipinski definition) is 30. The Kier molecular flexibility index (Phi) is 19.9. The minimum Gasteiger partial charge on any atom is -0.459 e. The summed E-state index contributed by atoms with van der Waals surface area (Å²) in [5, 5.41) is 39.4. The number of thioether (sulfide) groups is 2. The summed E-state index contributed by atoms with van der Waals surface area (Å²) in [4.78, 5) is 179. The third-order valence-electron chi connectivity index (χ3n) is 18.9. The number of fused-ring (bicyclic) bond motifs is 8. The first kappa shape index (κ1) is 74.4. The number of allylic oxidation sites excluding steroid dienone is 4. The quantitative estimate of drug-likeness (QED) is 0.0171. The number of carbonyl (C=O) groups excluding carboxylic acids is 10. The lowest BCUT2D eigenvalue weighted by atomic mass is 9.84. The summed E-state index contributed by atoms with van der Waals surface area (Å²) in [5.74, 6) is -8.73. The summed E-state index contributed by atoms with van der Waals surface area (Å²) in [5.41, 5.74) is -4.63. The molecule has 0 N–H and O–H groups in total. The molecule has 6 aliphatic rings. The van der Waals surface area contributed by atoms with E-state index in [4.69, 9.17) is 38.9 Å². The summed E-state index contributed by atoms with van der Waals surface area (Å²) >= 11 is 4.96. The topological polar surface area (TPSA) is 386 Å². The van der Waals surface area contributed by atoms with Crippen LogP contribution in [-0.4, -0.2) is 112 Å². The first-order chi connectivity index (χ1) is 55.4. The Morgan fingerprint density at radius 2 is 0.772 bits per heavy atom. The standard InChI is InChI=1S/C82H46N12O14S6/c1-2-93-71(99)69(113-73(93)47(34-83)35-84)91-79-89-67-63(111-79)64-68(82(67,77(103)107-40-44-22-11-5-12-23-44)78(104)108-41-45-24-13-6-14-25-45)90-80(112-64)92-70-72(100)94(74(114-70)48(36-85)37-86)31-30-46-26-17-29-51-56(46)60(98)53(59(51)97)33-55-88-66-62(110-55)61-65(87-54(109-61)32-52-57(95)49-27-15-16-28-50(49)58(52)96)81(66,75(101)105-38-42-18-7-3-8-19-42)76(102)106-39-43-20-9-4-10-21-43/h3-29,32-33H,2,30-31,38-41H2,1H3/b53-33+,91-69-,92-70-. The number of thiazole rings is 4. The van der Waals surface area contributed by atoms with Gasteiger partial charge in [0.25, 0.3) is 22.6 Å². The summed E-state index contributed by atoms with van der Waals surface area (Å²) < 4.78 is 24.0. The Morgan fingerprint density at radius 1 is 0.430 bits per heavy atom. The molecule has 0 bridgehead atoms. The van der Waals surface area contributed by atoms with Gasteiger partial charge in [-0.3, -0.25) is 38.6 Å². The van der Waals surface area contributed by atoms with Gasteiger partial charge < -0.3 is 18.9 Å². The van der Waals surface area contributed by atoms with Crippen LogP contribution in [0, 0.1) is 45.3 Å². The van der Waals surface area contributed by atoms with E-state index < -0.39 is 75.2 Å². The lowest BCUT2D eigenvalue weighted by Crippen LogP contribution is -2.46. The zero-order valence-electron chi connectivity index (χ0n) is 58.7. The van der Waals surface area contributed by atoms with E-state index in [1.54, 1.807) is 159 Å². The molecule has 16 rings (SSSR count). The van der Waals surface area contributed by atoms with Crippen LogP contribution in [0.2, 0.25) is 0 Å². The number of hydrogen-bond donors (Lipinski definition) is 0. The highest BCUT2D eigenvalue weighted by atomic mass is 32.2. The maximum atomic E-state index is 15.3. The third-order valence-corrected chi connectivity index (χ3v) is 25.3. The fraction of sp³-hybridized carbons (Fsp3) is 0.122. The number of ketones is 4. The Morgan fingerprint density at radius 3 is 1.17 bits per heavy atom. The van der Waals surface area contributed by atoms with Crippen molar-refractivity contribution in [2.75, 3.05) is 13.1 Å². The van der Waals surface area contributed by atoms with Crippen molar-refractivity contribution in [3.05, 3.63) is 279 Å². The number of amides is 2. The lowest BCUT2D eigenvalue weighted by Gasteiger charge is -2.24. The van der Waals surface area contributed by atoms with Crippen LogP contribution < -0.4 is 0 Å². The molecule has 2 saturated heterocycles. The van der Waals surface area contributed by atoms with E-state index in [0.717, 1.165) is 62.0 Å². The number of nitriles is 4. The van der Waals surface area contributed by atoms with Gasteiger partial charge in [0.15, 0.2) is 44.4 Å². The molecule has 10 aromatic rings. The van der Waals surface area contributed by atoms with Crippen LogP contribution in [0.3, 0.4) is 0 Å². The highest BCUT2D eigenvalue weighted by molar-refractivity contribution is 8.20.